The largest absolute Gasteiger partial charge is 0.312 e. The summed E-state index contributed by atoms with van der Waals surface area (Å²) in [6.07, 6.45) is 6.43. The molecular weight excluding hydrogens is 461 g/mol. The average molecular weight is 488 g/mol. The number of benzene rings is 3. The van der Waals surface area contributed by atoms with Crippen molar-refractivity contribution in [3.05, 3.63) is 110 Å². The van der Waals surface area contributed by atoms with Gasteiger partial charge in [-0.25, -0.2) is 9.38 Å². The highest BCUT2D eigenvalue weighted by atomic mass is 32.1. The molecule has 5 nitrogen and oxygen atoms in total. The Morgan fingerprint density at radius 3 is 2.40 bits per heavy atom. The van der Waals surface area contributed by atoms with Crippen molar-refractivity contribution in [2.24, 2.45) is 4.99 Å². The predicted molar refractivity (Wildman–Crippen MR) is 137 cm³/mol. The van der Waals surface area contributed by atoms with Gasteiger partial charge >= 0.3 is 0 Å². The van der Waals surface area contributed by atoms with Gasteiger partial charge in [-0.2, -0.15) is 0 Å². The molecule has 35 heavy (non-hydrogen) atoms. The maximum atomic E-state index is 13.5. The summed E-state index contributed by atoms with van der Waals surface area (Å²) in [5.41, 5.74) is 4.63. The third kappa shape index (κ3) is 5.25. The van der Waals surface area contributed by atoms with E-state index in [1.807, 2.05) is 9.95 Å². The van der Waals surface area contributed by atoms with Crippen LogP contribution in [0.15, 0.2) is 83.2 Å². The number of rotatable bonds is 6. The van der Waals surface area contributed by atoms with Gasteiger partial charge in [0.1, 0.15) is 11.5 Å². The van der Waals surface area contributed by atoms with E-state index in [1.54, 1.807) is 30.3 Å². The standard InChI is InChI=1S/C28H26FN3O2S/c29-24-16-10-20(11-17-24)18-31-27(23-14-12-22(13-15-23)21-6-2-1-3-7-21)19-35-28(31)30-25-8-4-5-9-26(25)32(33)34/h4-5,8-17,19,21H,1-3,6-7,18H2. The van der Waals surface area contributed by atoms with Crippen molar-refractivity contribution in [3.63, 3.8) is 0 Å². The number of hydrogen-bond donors (Lipinski definition) is 0. The Balaban J connectivity index is 1.57. The van der Waals surface area contributed by atoms with Crippen molar-refractivity contribution in [2.75, 3.05) is 0 Å². The van der Waals surface area contributed by atoms with Gasteiger partial charge in [-0.05, 0) is 53.6 Å². The van der Waals surface area contributed by atoms with E-state index in [1.165, 1.54) is 67.2 Å². The zero-order valence-corrected chi connectivity index (χ0v) is 20.1. The Labute approximate surface area is 207 Å². The molecule has 0 N–H and O–H groups in total. The molecule has 0 radical (unpaired) electrons. The second-order valence-electron chi connectivity index (χ2n) is 8.93. The fraction of sp³-hybridized carbons (Fsp3) is 0.250. The lowest BCUT2D eigenvalue weighted by molar-refractivity contribution is -0.384. The fourth-order valence-electron chi connectivity index (χ4n) is 4.75. The van der Waals surface area contributed by atoms with E-state index in [0.717, 1.165) is 16.8 Å². The van der Waals surface area contributed by atoms with Crippen LogP contribution in [0.5, 0.6) is 0 Å². The highest BCUT2D eigenvalue weighted by Gasteiger charge is 2.17. The van der Waals surface area contributed by atoms with Crippen LogP contribution in [0.1, 0.15) is 49.1 Å². The summed E-state index contributed by atoms with van der Waals surface area (Å²) in [6.45, 7) is 0.475. The minimum atomic E-state index is -0.415. The van der Waals surface area contributed by atoms with Gasteiger partial charge in [0.15, 0.2) is 4.80 Å². The molecule has 0 spiro atoms. The lowest BCUT2D eigenvalue weighted by Gasteiger charge is -2.22. The SMILES string of the molecule is O=[N+]([O-])c1ccccc1N=c1scc(-c2ccc(C3CCCCC3)cc2)n1Cc1ccc(F)cc1. The predicted octanol–water partition coefficient (Wildman–Crippen LogP) is 7.59. The third-order valence-corrected chi connectivity index (χ3v) is 7.49. The quantitative estimate of drug-likeness (QED) is 0.208. The summed E-state index contributed by atoms with van der Waals surface area (Å²) in [7, 11) is 0. The molecule has 178 valence electrons. The molecule has 4 aromatic rings. The van der Waals surface area contributed by atoms with Crippen LogP contribution in [0.4, 0.5) is 15.8 Å². The van der Waals surface area contributed by atoms with Crippen LogP contribution < -0.4 is 4.80 Å². The molecule has 3 aromatic carbocycles. The highest BCUT2D eigenvalue weighted by molar-refractivity contribution is 7.07. The van der Waals surface area contributed by atoms with Gasteiger partial charge in [0.25, 0.3) is 5.69 Å². The Morgan fingerprint density at radius 2 is 1.69 bits per heavy atom. The van der Waals surface area contributed by atoms with Gasteiger partial charge in [0.2, 0.25) is 0 Å². The molecule has 0 aliphatic heterocycles. The van der Waals surface area contributed by atoms with Crippen LogP contribution in [-0.4, -0.2) is 9.49 Å². The lowest BCUT2D eigenvalue weighted by atomic mass is 9.84. The van der Waals surface area contributed by atoms with E-state index in [2.05, 4.69) is 29.3 Å². The molecule has 0 saturated heterocycles. The first kappa shape index (κ1) is 23.2. The van der Waals surface area contributed by atoms with Gasteiger partial charge < -0.3 is 4.57 Å². The van der Waals surface area contributed by atoms with E-state index < -0.39 is 4.92 Å². The summed E-state index contributed by atoms with van der Waals surface area (Å²) >= 11 is 1.44. The Kier molecular flexibility index (Phi) is 6.86. The van der Waals surface area contributed by atoms with Crippen LogP contribution in [0.3, 0.4) is 0 Å². The van der Waals surface area contributed by atoms with E-state index in [-0.39, 0.29) is 11.5 Å². The second kappa shape index (κ2) is 10.4. The number of nitro groups is 1. The molecule has 1 aliphatic rings. The second-order valence-corrected chi connectivity index (χ2v) is 9.77. The van der Waals surface area contributed by atoms with Crippen molar-refractivity contribution in [1.82, 2.24) is 4.57 Å². The molecule has 1 aliphatic carbocycles. The molecule has 0 amide bonds. The minimum absolute atomic E-state index is 0.0346. The molecule has 0 atom stereocenters. The molecule has 1 heterocycles. The first-order valence-corrected chi connectivity index (χ1v) is 12.8. The topological polar surface area (TPSA) is 60.4 Å². The molecular formula is C28H26FN3O2S. The van der Waals surface area contributed by atoms with Crippen molar-refractivity contribution >= 4 is 22.7 Å². The molecule has 1 aromatic heterocycles. The first-order chi connectivity index (χ1) is 17.1. The minimum Gasteiger partial charge on any atom is -0.312 e. The number of thiazole rings is 1. The number of para-hydroxylation sites is 2. The van der Waals surface area contributed by atoms with Gasteiger partial charge in [0, 0.05) is 11.4 Å². The summed E-state index contributed by atoms with van der Waals surface area (Å²) in [6, 6.07) is 21.7. The molecule has 1 saturated carbocycles. The number of aromatic nitrogens is 1. The molecule has 7 heteroatoms. The lowest BCUT2D eigenvalue weighted by Crippen LogP contribution is -2.17. The van der Waals surface area contributed by atoms with Crippen molar-refractivity contribution in [2.45, 2.75) is 44.6 Å². The number of nitrogens with zero attached hydrogens (tertiary/aromatic N) is 3. The van der Waals surface area contributed by atoms with Crippen molar-refractivity contribution in [3.8, 4) is 11.3 Å². The summed E-state index contributed by atoms with van der Waals surface area (Å²) < 4.78 is 15.5. The summed E-state index contributed by atoms with van der Waals surface area (Å²) in [4.78, 5) is 16.4. The fourth-order valence-corrected chi connectivity index (χ4v) is 5.67. The Bertz CT molecular complexity index is 1380. The zero-order chi connectivity index (χ0) is 24.2. The Hall–Kier alpha value is -3.58. The van der Waals surface area contributed by atoms with E-state index in [4.69, 9.17) is 0 Å². The van der Waals surface area contributed by atoms with E-state index in [0.29, 0.717) is 23.0 Å². The van der Waals surface area contributed by atoms with Gasteiger partial charge in [-0.1, -0.05) is 67.8 Å². The number of hydrogen-bond acceptors (Lipinski definition) is 4. The van der Waals surface area contributed by atoms with Crippen LogP contribution in [0.25, 0.3) is 11.3 Å². The van der Waals surface area contributed by atoms with Crippen LogP contribution in [0, 0.1) is 15.9 Å². The summed E-state index contributed by atoms with van der Waals surface area (Å²) in [5, 5.41) is 13.5. The monoisotopic (exact) mass is 487 g/mol. The maximum absolute atomic E-state index is 13.5. The molecule has 5 rings (SSSR count). The van der Waals surface area contributed by atoms with E-state index in [9.17, 15) is 14.5 Å². The average Bonchev–Trinajstić information content (AvgIpc) is 3.28. The molecule has 0 bridgehead atoms. The van der Waals surface area contributed by atoms with Crippen molar-refractivity contribution in [1.29, 1.82) is 0 Å². The number of halogens is 1. The maximum Gasteiger partial charge on any atom is 0.294 e. The molecule has 1 fully saturated rings. The van der Waals surface area contributed by atoms with E-state index >= 15 is 0 Å². The van der Waals surface area contributed by atoms with Gasteiger partial charge in [-0.15, -0.1) is 11.3 Å². The zero-order valence-electron chi connectivity index (χ0n) is 19.3. The van der Waals surface area contributed by atoms with Crippen molar-refractivity contribution < 1.29 is 9.31 Å². The van der Waals surface area contributed by atoms with Crippen LogP contribution >= 0.6 is 11.3 Å². The Morgan fingerprint density at radius 1 is 0.971 bits per heavy atom. The highest BCUT2D eigenvalue weighted by Crippen LogP contribution is 2.34. The van der Waals surface area contributed by atoms with Crippen LogP contribution in [0.2, 0.25) is 0 Å². The van der Waals surface area contributed by atoms with Gasteiger partial charge in [-0.3, -0.25) is 10.1 Å². The van der Waals surface area contributed by atoms with Crippen LogP contribution in [-0.2, 0) is 6.54 Å². The summed E-state index contributed by atoms with van der Waals surface area (Å²) in [5.74, 6) is 0.350. The number of nitro benzene ring substituents is 1. The third-order valence-electron chi connectivity index (χ3n) is 6.63. The first-order valence-electron chi connectivity index (χ1n) is 11.9. The molecule has 0 unspecified atom stereocenters. The smallest absolute Gasteiger partial charge is 0.294 e. The normalized spacial score (nSPS) is 14.8. The van der Waals surface area contributed by atoms with Gasteiger partial charge in [0.05, 0.1) is 17.2 Å².